The van der Waals surface area contributed by atoms with Gasteiger partial charge in [0.05, 0.1) is 5.69 Å². The molecule has 1 aliphatic heterocycles. The number of carbonyl (C=O) groups is 1. The maximum Gasteiger partial charge on any atom is 0.254 e. The third-order valence-electron chi connectivity index (χ3n) is 5.12. The van der Waals surface area contributed by atoms with Crippen LogP contribution in [0.1, 0.15) is 28.0 Å². The summed E-state index contributed by atoms with van der Waals surface area (Å²) in [6.07, 6.45) is 5.03. The van der Waals surface area contributed by atoms with Crippen LogP contribution in [-0.2, 0) is 6.61 Å². The van der Waals surface area contributed by atoms with Crippen molar-refractivity contribution >= 4 is 11.6 Å². The fourth-order valence-corrected chi connectivity index (χ4v) is 3.53. The van der Waals surface area contributed by atoms with E-state index in [2.05, 4.69) is 23.9 Å². The highest BCUT2D eigenvalue weighted by molar-refractivity contribution is 5.94. The Balaban J connectivity index is 1.43. The molecule has 2 aromatic heterocycles. The highest BCUT2D eigenvalue weighted by Gasteiger charge is 2.19. The summed E-state index contributed by atoms with van der Waals surface area (Å²) in [5, 5.41) is 0. The van der Waals surface area contributed by atoms with Gasteiger partial charge in [0.1, 0.15) is 18.0 Å². The number of rotatable bonds is 4. The van der Waals surface area contributed by atoms with E-state index in [0.717, 1.165) is 43.9 Å². The predicted octanol–water partition coefficient (Wildman–Crippen LogP) is 3.00. The zero-order valence-electron chi connectivity index (χ0n) is 16.5. The third-order valence-corrected chi connectivity index (χ3v) is 5.12. The second-order valence-electron chi connectivity index (χ2n) is 7.47. The highest BCUT2D eigenvalue weighted by Crippen LogP contribution is 2.18. The van der Waals surface area contributed by atoms with Crippen molar-refractivity contribution in [3.8, 4) is 5.75 Å². The molecule has 6 nitrogen and oxygen atoms in total. The first-order chi connectivity index (χ1) is 13.6. The second-order valence-corrected chi connectivity index (χ2v) is 7.47. The maximum atomic E-state index is 12.9. The van der Waals surface area contributed by atoms with E-state index in [9.17, 15) is 4.79 Å². The van der Waals surface area contributed by atoms with Crippen LogP contribution in [0.15, 0.2) is 48.8 Å². The number of aryl methyl sites for hydroxylation is 1. The molecule has 0 aliphatic carbocycles. The monoisotopic (exact) mass is 378 g/mol. The van der Waals surface area contributed by atoms with Gasteiger partial charge in [-0.15, -0.1) is 0 Å². The summed E-state index contributed by atoms with van der Waals surface area (Å²) in [5.41, 5.74) is 3.62. The number of hydrogen-bond acceptors (Lipinski definition) is 4. The smallest absolute Gasteiger partial charge is 0.254 e. The maximum absolute atomic E-state index is 12.9. The van der Waals surface area contributed by atoms with Gasteiger partial charge in [0.25, 0.3) is 5.91 Å². The lowest BCUT2D eigenvalue weighted by atomic mass is 10.2. The minimum atomic E-state index is 0.0731. The number of nitrogens with zero attached hydrogens (tertiary/aromatic N) is 4. The molecule has 1 aliphatic rings. The van der Waals surface area contributed by atoms with Gasteiger partial charge in [-0.05, 0) is 56.8 Å². The highest BCUT2D eigenvalue weighted by atomic mass is 16.5. The standard InChI is InChI=1S/C22H26N4O2/c1-17-7-8-21-23-19(15-26(21)14-17)16-28-20-6-3-5-18(13-20)22(27)25-10-4-9-24(2)11-12-25/h3,5-8,13-15H,4,9-12,16H2,1-2H3. The van der Waals surface area contributed by atoms with Crippen LogP contribution in [0.5, 0.6) is 5.75 Å². The van der Waals surface area contributed by atoms with E-state index >= 15 is 0 Å². The largest absolute Gasteiger partial charge is 0.487 e. The molecular weight excluding hydrogens is 352 g/mol. The number of imidazole rings is 1. The molecule has 3 heterocycles. The first-order valence-electron chi connectivity index (χ1n) is 9.73. The van der Waals surface area contributed by atoms with Crippen LogP contribution in [0.25, 0.3) is 5.65 Å². The number of ether oxygens (including phenoxy) is 1. The van der Waals surface area contributed by atoms with Crippen LogP contribution in [0, 0.1) is 6.92 Å². The van der Waals surface area contributed by atoms with Gasteiger partial charge in [-0.25, -0.2) is 4.98 Å². The van der Waals surface area contributed by atoms with E-state index < -0.39 is 0 Å². The molecule has 0 N–H and O–H groups in total. The van der Waals surface area contributed by atoms with Gasteiger partial charge in [0, 0.05) is 37.6 Å². The average Bonchev–Trinajstić information content (AvgIpc) is 2.97. The molecule has 0 unspecified atom stereocenters. The molecule has 3 aromatic rings. The number of hydrogen-bond donors (Lipinski definition) is 0. The number of aromatic nitrogens is 2. The molecule has 0 radical (unpaired) electrons. The van der Waals surface area contributed by atoms with E-state index in [1.165, 1.54) is 5.56 Å². The van der Waals surface area contributed by atoms with Crippen LogP contribution in [-0.4, -0.2) is 58.3 Å². The quantitative estimate of drug-likeness (QED) is 0.700. The molecule has 1 saturated heterocycles. The molecule has 6 heteroatoms. The minimum absolute atomic E-state index is 0.0731. The lowest BCUT2D eigenvalue weighted by Gasteiger charge is -2.20. The predicted molar refractivity (Wildman–Crippen MR) is 109 cm³/mol. The molecule has 1 amide bonds. The number of pyridine rings is 1. The van der Waals surface area contributed by atoms with E-state index in [1.54, 1.807) is 0 Å². The van der Waals surface area contributed by atoms with Gasteiger partial charge < -0.3 is 18.9 Å². The Bertz CT molecular complexity index is 982. The van der Waals surface area contributed by atoms with Crippen LogP contribution < -0.4 is 4.74 Å². The summed E-state index contributed by atoms with van der Waals surface area (Å²) in [4.78, 5) is 21.7. The van der Waals surface area contributed by atoms with Crippen molar-refractivity contribution in [1.82, 2.24) is 19.2 Å². The van der Waals surface area contributed by atoms with Crippen molar-refractivity contribution in [2.75, 3.05) is 33.2 Å². The Labute approximate surface area is 165 Å². The number of likely N-dealkylation sites (N-methyl/N-ethyl adjacent to an activating group) is 1. The Morgan fingerprint density at radius 1 is 1.11 bits per heavy atom. The average molecular weight is 378 g/mol. The van der Waals surface area contributed by atoms with Gasteiger partial charge in [0.15, 0.2) is 0 Å². The van der Waals surface area contributed by atoms with E-state index in [1.807, 2.05) is 58.1 Å². The molecule has 28 heavy (non-hydrogen) atoms. The molecule has 0 bridgehead atoms. The zero-order valence-corrected chi connectivity index (χ0v) is 16.5. The van der Waals surface area contributed by atoms with Crippen LogP contribution in [0.3, 0.4) is 0 Å². The van der Waals surface area contributed by atoms with Crippen molar-refractivity contribution in [2.45, 2.75) is 20.0 Å². The van der Waals surface area contributed by atoms with Crippen LogP contribution in [0.4, 0.5) is 0 Å². The topological polar surface area (TPSA) is 50.1 Å². The van der Waals surface area contributed by atoms with E-state index in [4.69, 9.17) is 4.74 Å². The number of carbonyl (C=O) groups excluding carboxylic acids is 1. The fourth-order valence-electron chi connectivity index (χ4n) is 3.53. The summed E-state index contributed by atoms with van der Waals surface area (Å²) in [5.74, 6) is 0.759. The first-order valence-corrected chi connectivity index (χ1v) is 9.73. The summed E-state index contributed by atoms with van der Waals surface area (Å²) in [7, 11) is 2.10. The van der Waals surface area contributed by atoms with Gasteiger partial charge in [-0.1, -0.05) is 12.1 Å². The van der Waals surface area contributed by atoms with E-state index in [0.29, 0.717) is 17.9 Å². The fraction of sp³-hybridized carbons (Fsp3) is 0.364. The van der Waals surface area contributed by atoms with Crippen molar-refractivity contribution in [3.63, 3.8) is 0 Å². The Morgan fingerprint density at radius 2 is 2.00 bits per heavy atom. The van der Waals surface area contributed by atoms with Crippen LogP contribution in [0.2, 0.25) is 0 Å². The Kier molecular flexibility index (Phi) is 5.30. The Morgan fingerprint density at radius 3 is 2.89 bits per heavy atom. The minimum Gasteiger partial charge on any atom is -0.487 e. The lowest BCUT2D eigenvalue weighted by molar-refractivity contribution is 0.0762. The van der Waals surface area contributed by atoms with Gasteiger partial charge >= 0.3 is 0 Å². The summed E-state index contributed by atoms with van der Waals surface area (Å²) < 4.78 is 7.92. The lowest BCUT2D eigenvalue weighted by Crippen LogP contribution is -2.34. The first kappa shape index (κ1) is 18.5. The molecule has 1 aromatic carbocycles. The summed E-state index contributed by atoms with van der Waals surface area (Å²) in [6.45, 7) is 5.93. The van der Waals surface area contributed by atoms with Gasteiger partial charge in [-0.2, -0.15) is 0 Å². The van der Waals surface area contributed by atoms with Crippen molar-refractivity contribution < 1.29 is 9.53 Å². The molecule has 0 spiro atoms. The second kappa shape index (κ2) is 8.02. The SMILES string of the molecule is Cc1ccc2nc(COc3cccc(C(=O)N4CCCN(C)CC4)c3)cn2c1. The Hall–Kier alpha value is -2.86. The normalized spacial score (nSPS) is 15.6. The summed E-state index contributed by atoms with van der Waals surface area (Å²) in [6, 6.07) is 11.5. The number of amides is 1. The number of fused-ring (bicyclic) bond motifs is 1. The summed E-state index contributed by atoms with van der Waals surface area (Å²) >= 11 is 0. The third kappa shape index (κ3) is 4.17. The van der Waals surface area contributed by atoms with E-state index in [-0.39, 0.29) is 5.91 Å². The van der Waals surface area contributed by atoms with Gasteiger partial charge in [0.2, 0.25) is 0 Å². The zero-order chi connectivity index (χ0) is 19.5. The van der Waals surface area contributed by atoms with Crippen molar-refractivity contribution in [1.29, 1.82) is 0 Å². The molecular formula is C22H26N4O2. The molecule has 4 rings (SSSR count). The number of benzene rings is 1. The van der Waals surface area contributed by atoms with Crippen molar-refractivity contribution in [2.24, 2.45) is 0 Å². The molecule has 0 saturated carbocycles. The van der Waals surface area contributed by atoms with Crippen LogP contribution >= 0.6 is 0 Å². The van der Waals surface area contributed by atoms with Gasteiger partial charge in [-0.3, -0.25) is 4.79 Å². The molecule has 1 fully saturated rings. The molecule has 0 atom stereocenters. The molecule has 146 valence electrons. The van der Waals surface area contributed by atoms with Crippen molar-refractivity contribution in [3.05, 3.63) is 65.6 Å².